The molecule has 0 radical (unpaired) electrons. The first-order chi connectivity index (χ1) is 11.9. The summed E-state index contributed by atoms with van der Waals surface area (Å²) < 4.78 is 33.3. The van der Waals surface area contributed by atoms with Crippen LogP contribution in [0.5, 0.6) is 0 Å². The zero-order chi connectivity index (χ0) is 19.0. The van der Waals surface area contributed by atoms with Gasteiger partial charge in [-0.05, 0) is 5.75 Å². The molecule has 0 aliphatic carbocycles. The van der Waals surface area contributed by atoms with Crippen LogP contribution in [0.15, 0.2) is 0 Å². The topological polar surface area (TPSA) is 69.7 Å². The van der Waals surface area contributed by atoms with Gasteiger partial charge in [-0.3, -0.25) is 4.79 Å². The molecule has 0 amide bonds. The Morgan fingerprint density at radius 3 is 2.36 bits per heavy atom. The Labute approximate surface area is 170 Å². The van der Waals surface area contributed by atoms with Crippen LogP contribution in [-0.4, -0.2) is 86.5 Å². The molecule has 1 atom stereocenters. The number of hydrogen-bond acceptors (Lipinski definition) is 9. The predicted octanol–water partition coefficient (Wildman–Crippen LogP) is 2.36. The minimum Gasteiger partial charge on any atom is -0.465 e. The van der Waals surface area contributed by atoms with Gasteiger partial charge in [-0.1, -0.05) is 6.92 Å². The summed E-state index contributed by atoms with van der Waals surface area (Å²) in [5.41, 5.74) is 0. The van der Waals surface area contributed by atoms with Crippen molar-refractivity contribution in [2.24, 2.45) is 5.92 Å². The molecule has 0 N–H and O–H groups in total. The summed E-state index contributed by atoms with van der Waals surface area (Å²) in [6, 6.07) is 0. The van der Waals surface area contributed by atoms with E-state index in [1.165, 1.54) is 7.11 Å². The summed E-state index contributed by atoms with van der Waals surface area (Å²) in [7, 11) is -1.49. The quantitative estimate of drug-likeness (QED) is 0.206. The Bertz CT molecular complexity index is 430. The van der Waals surface area contributed by atoms with Gasteiger partial charge in [0.2, 0.25) is 0 Å². The van der Waals surface area contributed by atoms with E-state index in [4.69, 9.17) is 9.47 Å². The third-order valence-electron chi connectivity index (χ3n) is 2.99. The van der Waals surface area contributed by atoms with Crippen molar-refractivity contribution in [3.63, 3.8) is 0 Å². The number of rotatable bonds is 17. The van der Waals surface area contributed by atoms with Crippen LogP contribution in [0, 0.1) is 5.92 Å². The first kappa shape index (κ1) is 25.8. The molecule has 0 spiro atoms. The highest BCUT2D eigenvalue weighted by Gasteiger charge is 2.14. The van der Waals surface area contributed by atoms with Crippen LogP contribution >= 0.6 is 47.9 Å². The number of hydrogen-bond donors (Lipinski definition) is 1. The van der Waals surface area contributed by atoms with Gasteiger partial charge in [0.25, 0.3) is 0 Å². The smallest absolute Gasteiger partial charge is 0.309 e. The molecule has 0 aliphatic rings. The second-order valence-corrected chi connectivity index (χ2v) is 11.6. The van der Waals surface area contributed by atoms with Crippen LogP contribution in [0.2, 0.25) is 0 Å². The largest absolute Gasteiger partial charge is 0.465 e. The van der Waals surface area contributed by atoms with Crippen LogP contribution < -0.4 is 0 Å². The summed E-state index contributed by atoms with van der Waals surface area (Å²) in [4.78, 5) is 11.8. The molecule has 0 aromatic heterocycles. The first-order valence-electron chi connectivity index (χ1n) is 8.13. The van der Waals surface area contributed by atoms with Crippen LogP contribution in [0.25, 0.3) is 0 Å². The lowest BCUT2D eigenvalue weighted by Gasteiger charge is -2.11. The molecule has 1 unspecified atom stereocenters. The van der Waals surface area contributed by atoms with Crippen LogP contribution in [0.3, 0.4) is 0 Å². The van der Waals surface area contributed by atoms with E-state index >= 15 is 0 Å². The molecule has 0 bridgehead atoms. The van der Waals surface area contributed by atoms with E-state index < -0.39 is 9.84 Å². The van der Waals surface area contributed by atoms with E-state index in [-0.39, 0.29) is 30.0 Å². The van der Waals surface area contributed by atoms with Crippen molar-refractivity contribution >= 4 is 63.7 Å². The summed E-state index contributed by atoms with van der Waals surface area (Å²) in [6.45, 7) is 2.59. The van der Waals surface area contributed by atoms with E-state index in [9.17, 15) is 13.2 Å². The van der Waals surface area contributed by atoms with Gasteiger partial charge in [-0.15, -0.1) is 0 Å². The van der Waals surface area contributed by atoms with E-state index in [1.54, 1.807) is 35.3 Å². The molecule has 0 heterocycles. The molecule has 5 nitrogen and oxygen atoms in total. The molecule has 25 heavy (non-hydrogen) atoms. The monoisotopic (exact) mass is 450 g/mol. The maximum Gasteiger partial charge on any atom is 0.309 e. The summed E-state index contributed by atoms with van der Waals surface area (Å²) in [5.74, 6) is 5.77. The van der Waals surface area contributed by atoms with E-state index in [0.717, 1.165) is 34.5 Å². The highest BCUT2D eigenvalue weighted by atomic mass is 32.2. The lowest BCUT2D eigenvalue weighted by molar-refractivity contribution is -0.146. The van der Waals surface area contributed by atoms with Gasteiger partial charge >= 0.3 is 5.97 Å². The third-order valence-corrected chi connectivity index (χ3v) is 8.81. The predicted molar refractivity (Wildman–Crippen MR) is 116 cm³/mol. The van der Waals surface area contributed by atoms with Crippen LogP contribution in [-0.2, 0) is 24.1 Å². The van der Waals surface area contributed by atoms with Gasteiger partial charge in [0.15, 0.2) is 9.84 Å². The molecule has 0 fully saturated rings. The molecular weight excluding hydrogens is 420 g/mol. The van der Waals surface area contributed by atoms with Crippen molar-refractivity contribution in [2.45, 2.75) is 6.92 Å². The average Bonchev–Trinajstić information content (AvgIpc) is 2.58. The zero-order valence-corrected chi connectivity index (χ0v) is 19.1. The Hall–Kier alpha value is 0.780. The van der Waals surface area contributed by atoms with Gasteiger partial charge in [0.1, 0.15) is 6.61 Å². The molecule has 0 saturated carbocycles. The maximum atomic E-state index is 11.8. The lowest BCUT2D eigenvalue weighted by Crippen LogP contribution is -2.18. The molecule has 150 valence electrons. The zero-order valence-electron chi connectivity index (χ0n) is 15.0. The molecule has 0 aliphatic heterocycles. The van der Waals surface area contributed by atoms with Crippen LogP contribution in [0.1, 0.15) is 6.92 Å². The van der Waals surface area contributed by atoms with Crippen molar-refractivity contribution < 1.29 is 22.7 Å². The SMILES string of the molecule is COCCS(=O)(=O)CCSCCSCC(C)C(=O)OCCSCCS. The maximum absolute atomic E-state index is 11.8. The number of ether oxygens (including phenoxy) is 2. The number of thioether (sulfide) groups is 3. The number of sulfone groups is 1. The average molecular weight is 451 g/mol. The number of carbonyl (C=O) groups excluding carboxylic acids is 1. The van der Waals surface area contributed by atoms with Gasteiger partial charge in [0, 0.05) is 41.6 Å². The Morgan fingerprint density at radius 2 is 1.68 bits per heavy atom. The van der Waals surface area contributed by atoms with Crippen molar-refractivity contribution in [3.05, 3.63) is 0 Å². The van der Waals surface area contributed by atoms with Gasteiger partial charge in [0.05, 0.1) is 24.0 Å². The fourth-order valence-electron chi connectivity index (χ4n) is 1.56. The molecule has 0 saturated heterocycles. The van der Waals surface area contributed by atoms with Crippen molar-refractivity contribution in [3.8, 4) is 0 Å². The highest BCUT2D eigenvalue weighted by Crippen LogP contribution is 2.13. The molecule has 0 rings (SSSR count). The minimum absolute atomic E-state index is 0.0889. The van der Waals surface area contributed by atoms with E-state index in [2.05, 4.69) is 12.6 Å². The van der Waals surface area contributed by atoms with Gasteiger partial charge < -0.3 is 9.47 Å². The lowest BCUT2D eigenvalue weighted by atomic mass is 10.2. The summed E-state index contributed by atoms with van der Waals surface area (Å²) in [6.07, 6.45) is 0. The molecule has 0 aromatic rings. The number of esters is 1. The normalized spacial score (nSPS) is 12.9. The molecular formula is C15H30O5S5. The van der Waals surface area contributed by atoms with E-state index in [0.29, 0.717) is 12.4 Å². The van der Waals surface area contributed by atoms with Crippen LogP contribution in [0.4, 0.5) is 0 Å². The second-order valence-electron chi connectivity index (χ2n) is 5.24. The Kier molecular flexibility index (Phi) is 17.4. The highest BCUT2D eigenvalue weighted by molar-refractivity contribution is 8.03. The molecule has 0 aromatic carbocycles. The second kappa shape index (κ2) is 16.9. The summed E-state index contributed by atoms with van der Waals surface area (Å²) in [5, 5.41) is 0. The van der Waals surface area contributed by atoms with E-state index in [1.807, 2.05) is 6.92 Å². The fraction of sp³-hybridized carbons (Fsp3) is 0.933. The first-order valence-corrected chi connectivity index (χ1v) is 14.0. The Morgan fingerprint density at radius 1 is 1.00 bits per heavy atom. The summed E-state index contributed by atoms with van der Waals surface area (Å²) >= 11 is 9.19. The standard InChI is InChI=1S/C15H30O5S5/c1-14(15(16)20-3-6-22-7-5-21)13-24-9-8-23-10-12-25(17,18)11-4-19-2/h14,21H,3-13H2,1-2H3. The number of thiol groups is 1. The Balaban J connectivity index is 3.56. The van der Waals surface area contributed by atoms with Crippen molar-refractivity contribution in [1.82, 2.24) is 0 Å². The van der Waals surface area contributed by atoms with Crippen molar-refractivity contribution in [2.75, 3.05) is 72.1 Å². The number of methoxy groups -OCH3 is 1. The third kappa shape index (κ3) is 16.7. The van der Waals surface area contributed by atoms with Gasteiger partial charge in [-0.25, -0.2) is 8.42 Å². The van der Waals surface area contributed by atoms with Gasteiger partial charge in [-0.2, -0.15) is 47.9 Å². The fourth-order valence-corrected chi connectivity index (χ4v) is 6.39. The minimum atomic E-state index is -3.00. The van der Waals surface area contributed by atoms with Crippen molar-refractivity contribution in [1.29, 1.82) is 0 Å². The number of carbonyl (C=O) groups is 1. The molecule has 10 heteroatoms.